The van der Waals surface area contributed by atoms with E-state index in [-0.39, 0.29) is 0 Å². The van der Waals surface area contributed by atoms with Crippen LogP contribution < -0.4 is 9.47 Å². The third-order valence-electron chi connectivity index (χ3n) is 5.57. The summed E-state index contributed by atoms with van der Waals surface area (Å²) in [6, 6.07) is 28.0. The van der Waals surface area contributed by atoms with Gasteiger partial charge in [0.25, 0.3) is 0 Å². The first-order chi connectivity index (χ1) is 14.8. The molecule has 0 saturated carbocycles. The lowest BCUT2D eigenvalue weighted by Gasteiger charge is -2.33. The fourth-order valence-electron chi connectivity index (χ4n) is 3.94. The summed E-state index contributed by atoms with van der Waals surface area (Å²) in [4.78, 5) is 2.34. The van der Waals surface area contributed by atoms with E-state index in [2.05, 4.69) is 29.2 Å². The van der Waals surface area contributed by atoms with E-state index in [1.54, 1.807) is 0 Å². The van der Waals surface area contributed by atoms with Crippen LogP contribution in [0.15, 0.2) is 84.9 Å². The molecule has 4 rings (SSSR count). The highest BCUT2D eigenvalue weighted by Crippen LogP contribution is 2.30. The van der Waals surface area contributed by atoms with Crippen molar-refractivity contribution in [3.8, 4) is 17.2 Å². The molecule has 0 aliphatic carbocycles. The van der Waals surface area contributed by atoms with Gasteiger partial charge in [-0.15, -0.1) is 0 Å². The van der Waals surface area contributed by atoms with E-state index in [4.69, 9.17) is 9.47 Å². The molecule has 4 heteroatoms. The number of hydrogen-bond acceptors (Lipinski definition) is 4. The summed E-state index contributed by atoms with van der Waals surface area (Å²) in [7, 11) is 0. The maximum Gasteiger partial charge on any atom is 0.127 e. The highest BCUT2D eigenvalue weighted by molar-refractivity contribution is 5.34. The minimum Gasteiger partial charge on any atom is -0.491 e. The van der Waals surface area contributed by atoms with Crippen LogP contribution in [0.4, 0.5) is 0 Å². The molecule has 4 nitrogen and oxygen atoms in total. The molecule has 1 saturated heterocycles. The van der Waals surface area contributed by atoms with E-state index in [0.29, 0.717) is 19.1 Å². The summed E-state index contributed by atoms with van der Waals surface area (Å²) in [5.41, 5.74) is 1.36. The Bertz CT molecular complexity index is 875. The number of hydrogen-bond donors (Lipinski definition) is 1. The Morgan fingerprint density at radius 2 is 1.33 bits per heavy atom. The lowest BCUT2D eigenvalue weighted by molar-refractivity contribution is 0.0594. The van der Waals surface area contributed by atoms with Crippen molar-refractivity contribution in [3.63, 3.8) is 0 Å². The summed E-state index contributed by atoms with van der Waals surface area (Å²) < 4.78 is 11.6. The number of ether oxygens (including phenoxy) is 2. The van der Waals surface area contributed by atoms with E-state index in [1.807, 2.05) is 60.7 Å². The molecule has 1 heterocycles. The maximum atomic E-state index is 10.3. The summed E-state index contributed by atoms with van der Waals surface area (Å²) in [6.45, 7) is 2.97. The number of rotatable bonds is 8. The van der Waals surface area contributed by atoms with E-state index in [0.717, 1.165) is 43.2 Å². The fourth-order valence-corrected chi connectivity index (χ4v) is 3.94. The molecule has 156 valence electrons. The van der Waals surface area contributed by atoms with Gasteiger partial charge >= 0.3 is 0 Å². The number of para-hydroxylation sites is 2. The zero-order valence-electron chi connectivity index (χ0n) is 17.2. The molecule has 30 heavy (non-hydrogen) atoms. The van der Waals surface area contributed by atoms with Crippen LogP contribution in [-0.4, -0.2) is 42.4 Å². The first-order valence-electron chi connectivity index (χ1n) is 10.7. The van der Waals surface area contributed by atoms with Crippen molar-refractivity contribution < 1.29 is 14.6 Å². The minimum atomic E-state index is -0.476. The first kappa shape index (κ1) is 20.5. The highest BCUT2D eigenvalue weighted by Gasteiger charge is 2.22. The predicted octanol–water partition coefficient (Wildman–Crippen LogP) is 5.10. The number of benzene rings is 3. The van der Waals surface area contributed by atoms with Gasteiger partial charge in [-0.1, -0.05) is 48.5 Å². The maximum absolute atomic E-state index is 10.3. The van der Waals surface area contributed by atoms with Crippen LogP contribution in [0.25, 0.3) is 0 Å². The quantitative estimate of drug-likeness (QED) is 0.568. The zero-order chi connectivity index (χ0) is 20.6. The second-order valence-corrected chi connectivity index (χ2v) is 7.84. The number of piperidine rings is 1. The normalized spacial score (nSPS) is 16.2. The molecule has 1 atom stereocenters. The number of nitrogens with zero attached hydrogens (tertiary/aromatic N) is 1. The van der Waals surface area contributed by atoms with Gasteiger partial charge in [0.1, 0.15) is 30.0 Å². The average molecular weight is 404 g/mol. The van der Waals surface area contributed by atoms with Crippen LogP contribution >= 0.6 is 0 Å². The molecule has 0 spiro atoms. The SMILES string of the molecule is O[C@H](COc1ccccc1)CN1CCC(c2ccc(Oc3ccccc3)cc2)CC1. The monoisotopic (exact) mass is 403 g/mol. The molecule has 1 fully saturated rings. The third kappa shape index (κ3) is 5.85. The van der Waals surface area contributed by atoms with Gasteiger partial charge in [-0.3, -0.25) is 0 Å². The molecule has 0 unspecified atom stereocenters. The minimum absolute atomic E-state index is 0.326. The van der Waals surface area contributed by atoms with Crippen LogP contribution in [0, 0.1) is 0 Å². The van der Waals surface area contributed by atoms with Crippen molar-refractivity contribution in [1.82, 2.24) is 4.90 Å². The summed E-state index contributed by atoms with van der Waals surface area (Å²) in [5.74, 6) is 3.08. The topological polar surface area (TPSA) is 41.9 Å². The number of aliphatic hydroxyl groups is 1. The number of aliphatic hydroxyl groups excluding tert-OH is 1. The molecule has 1 aliphatic rings. The smallest absolute Gasteiger partial charge is 0.127 e. The first-order valence-corrected chi connectivity index (χ1v) is 10.7. The Hall–Kier alpha value is -2.82. The molecule has 3 aromatic carbocycles. The number of β-amino-alcohol motifs (C(OH)–C–C–N with tert-alkyl or cyclic N) is 1. The molecule has 1 aliphatic heterocycles. The van der Waals surface area contributed by atoms with Gasteiger partial charge in [0, 0.05) is 6.54 Å². The van der Waals surface area contributed by atoms with Crippen LogP contribution in [0.1, 0.15) is 24.3 Å². The largest absolute Gasteiger partial charge is 0.491 e. The lowest BCUT2D eigenvalue weighted by atomic mass is 9.89. The van der Waals surface area contributed by atoms with Gasteiger partial charge < -0.3 is 19.5 Å². The molecular weight excluding hydrogens is 374 g/mol. The highest BCUT2D eigenvalue weighted by atomic mass is 16.5. The van der Waals surface area contributed by atoms with E-state index < -0.39 is 6.10 Å². The summed E-state index contributed by atoms with van der Waals surface area (Å²) in [5, 5.41) is 10.3. The van der Waals surface area contributed by atoms with Gasteiger partial charge in [-0.25, -0.2) is 0 Å². The Morgan fingerprint density at radius 1 is 0.767 bits per heavy atom. The Balaban J connectivity index is 1.21. The van der Waals surface area contributed by atoms with Crippen molar-refractivity contribution >= 4 is 0 Å². The zero-order valence-corrected chi connectivity index (χ0v) is 17.2. The van der Waals surface area contributed by atoms with Crippen molar-refractivity contribution in [3.05, 3.63) is 90.5 Å². The lowest BCUT2D eigenvalue weighted by Crippen LogP contribution is -2.40. The molecule has 3 aromatic rings. The summed E-state index contributed by atoms with van der Waals surface area (Å²) >= 11 is 0. The van der Waals surface area contributed by atoms with Crippen molar-refractivity contribution in [2.45, 2.75) is 24.9 Å². The second-order valence-electron chi connectivity index (χ2n) is 7.84. The number of likely N-dealkylation sites (tertiary alicyclic amines) is 1. The van der Waals surface area contributed by atoms with Crippen LogP contribution in [0.5, 0.6) is 17.2 Å². The van der Waals surface area contributed by atoms with Gasteiger partial charge in [0.15, 0.2) is 0 Å². The van der Waals surface area contributed by atoms with Crippen LogP contribution in [0.3, 0.4) is 0 Å². The molecular formula is C26H29NO3. The Morgan fingerprint density at radius 3 is 1.97 bits per heavy atom. The van der Waals surface area contributed by atoms with Gasteiger partial charge in [-0.2, -0.15) is 0 Å². The predicted molar refractivity (Wildman–Crippen MR) is 119 cm³/mol. The van der Waals surface area contributed by atoms with Gasteiger partial charge in [0.05, 0.1) is 0 Å². The van der Waals surface area contributed by atoms with E-state index in [9.17, 15) is 5.11 Å². The summed E-state index contributed by atoms with van der Waals surface area (Å²) in [6.07, 6.45) is 1.73. The molecule has 0 aromatic heterocycles. The Kier molecular flexibility index (Phi) is 7.01. The Labute approximate surface area is 178 Å². The van der Waals surface area contributed by atoms with Crippen LogP contribution in [0.2, 0.25) is 0 Å². The van der Waals surface area contributed by atoms with Crippen molar-refractivity contribution in [1.29, 1.82) is 0 Å². The van der Waals surface area contributed by atoms with Crippen LogP contribution in [-0.2, 0) is 0 Å². The van der Waals surface area contributed by atoms with Gasteiger partial charge in [0.2, 0.25) is 0 Å². The van der Waals surface area contributed by atoms with E-state index >= 15 is 0 Å². The standard InChI is InChI=1S/C26H29NO3/c28-23(20-29-24-7-3-1-4-8-24)19-27-17-15-22(16-18-27)21-11-13-26(14-12-21)30-25-9-5-2-6-10-25/h1-14,22-23,28H,15-20H2/t23-/m0/s1. The fraction of sp³-hybridized carbons (Fsp3) is 0.308. The average Bonchev–Trinajstić information content (AvgIpc) is 2.80. The van der Waals surface area contributed by atoms with Crippen molar-refractivity contribution in [2.75, 3.05) is 26.2 Å². The molecule has 1 N–H and O–H groups in total. The second kappa shape index (κ2) is 10.3. The third-order valence-corrected chi connectivity index (χ3v) is 5.57. The van der Waals surface area contributed by atoms with Gasteiger partial charge in [-0.05, 0) is 73.8 Å². The van der Waals surface area contributed by atoms with E-state index in [1.165, 1.54) is 5.56 Å². The molecule has 0 amide bonds. The molecule has 0 radical (unpaired) electrons. The van der Waals surface area contributed by atoms with Crippen molar-refractivity contribution in [2.24, 2.45) is 0 Å². The molecule has 0 bridgehead atoms.